The van der Waals surface area contributed by atoms with Crippen LogP contribution in [0.2, 0.25) is 0 Å². The summed E-state index contributed by atoms with van der Waals surface area (Å²) in [4.78, 5) is 44.4. The van der Waals surface area contributed by atoms with Gasteiger partial charge in [-0.15, -0.1) is 0 Å². The van der Waals surface area contributed by atoms with E-state index in [1.54, 1.807) is 18.1 Å². The molecule has 1 aromatic heterocycles. The van der Waals surface area contributed by atoms with Crippen molar-refractivity contribution in [2.45, 2.75) is 38.3 Å². The molecule has 120 valence electrons. The Morgan fingerprint density at radius 1 is 1.50 bits per heavy atom. The predicted molar refractivity (Wildman–Crippen MR) is 78.7 cm³/mol. The van der Waals surface area contributed by atoms with Crippen LogP contribution in [0.5, 0.6) is 0 Å². The first kappa shape index (κ1) is 16.0. The fourth-order valence-electron chi connectivity index (χ4n) is 2.73. The number of nitrogens with zero attached hydrogens (tertiary/aromatic N) is 2. The van der Waals surface area contributed by atoms with Gasteiger partial charge in [0.15, 0.2) is 0 Å². The standard InChI is InChI=1S/C14H21N5O3/c1-9(20)18-11(6-10-7-16-8-17-10)14(22)19-5-3-4-12(19)13(21)15-2/h7-8,11-12H,3-6H2,1-2H3,(H,15,21)(H,16,17)(H,18,20)/t11-,12-/m0/s1. The van der Waals surface area contributed by atoms with Gasteiger partial charge in [0.25, 0.3) is 0 Å². The zero-order valence-corrected chi connectivity index (χ0v) is 12.8. The normalized spacial score (nSPS) is 18.8. The van der Waals surface area contributed by atoms with Crippen molar-refractivity contribution >= 4 is 17.7 Å². The van der Waals surface area contributed by atoms with Crippen molar-refractivity contribution in [1.29, 1.82) is 0 Å². The van der Waals surface area contributed by atoms with Gasteiger partial charge in [-0.2, -0.15) is 0 Å². The third-order valence-corrected chi connectivity index (χ3v) is 3.74. The molecule has 1 fully saturated rings. The molecular weight excluding hydrogens is 286 g/mol. The number of hydrogen-bond acceptors (Lipinski definition) is 4. The number of hydrogen-bond donors (Lipinski definition) is 3. The predicted octanol–water partition coefficient (Wildman–Crippen LogP) is -0.806. The second-order valence-corrected chi connectivity index (χ2v) is 5.34. The minimum absolute atomic E-state index is 0.172. The summed E-state index contributed by atoms with van der Waals surface area (Å²) in [6, 6.07) is -1.17. The Bertz CT molecular complexity index is 543. The molecular formula is C14H21N5O3. The molecule has 1 aliphatic heterocycles. The summed E-state index contributed by atoms with van der Waals surface area (Å²) in [5, 5.41) is 5.24. The lowest BCUT2D eigenvalue weighted by Gasteiger charge is -2.28. The Morgan fingerprint density at radius 2 is 2.27 bits per heavy atom. The van der Waals surface area contributed by atoms with Gasteiger partial charge in [-0.05, 0) is 12.8 Å². The van der Waals surface area contributed by atoms with E-state index in [9.17, 15) is 14.4 Å². The molecule has 3 N–H and O–H groups in total. The Balaban J connectivity index is 2.13. The smallest absolute Gasteiger partial charge is 0.246 e. The molecule has 2 heterocycles. The van der Waals surface area contributed by atoms with Gasteiger partial charge in [0, 0.05) is 38.8 Å². The fraction of sp³-hybridized carbons (Fsp3) is 0.571. The molecule has 0 bridgehead atoms. The summed E-state index contributed by atoms with van der Waals surface area (Å²) in [6.07, 6.45) is 4.87. The number of carbonyl (C=O) groups is 3. The Labute approximate surface area is 128 Å². The molecule has 0 spiro atoms. The van der Waals surface area contributed by atoms with Crippen molar-refractivity contribution in [3.8, 4) is 0 Å². The zero-order chi connectivity index (χ0) is 16.1. The number of aromatic amines is 1. The average Bonchev–Trinajstić information content (AvgIpc) is 3.15. The highest BCUT2D eigenvalue weighted by atomic mass is 16.2. The molecule has 1 aromatic rings. The fourth-order valence-corrected chi connectivity index (χ4v) is 2.73. The monoisotopic (exact) mass is 307 g/mol. The third kappa shape index (κ3) is 3.63. The van der Waals surface area contributed by atoms with Gasteiger partial charge in [0.05, 0.1) is 6.33 Å². The van der Waals surface area contributed by atoms with E-state index in [0.717, 1.165) is 12.1 Å². The maximum absolute atomic E-state index is 12.7. The number of H-pyrrole nitrogens is 1. The second-order valence-electron chi connectivity index (χ2n) is 5.34. The zero-order valence-electron chi connectivity index (χ0n) is 12.8. The number of imidazole rings is 1. The maximum atomic E-state index is 12.7. The lowest BCUT2D eigenvalue weighted by Crippen LogP contribution is -2.53. The van der Waals surface area contributed by atoms with E-state index >= 15 is 0 Å². The van der Waals surface area contributed by atoms with E-state index in [2.05, 4.69) is 20.6 Å². The first-order chi connectivity index (χ1) is 10.5. The molecule has 0 aliphatic carbocycles. The first-order valence-electron chi connectivity index (χ1n) is 7.29. The number of aromatic nitrogens is 2. The topological polar surface area (TPSA) is 107 Å². The van der Waals surface area contributed by atoms with E-state index in [1.165, 1.54) is 13.3 Å². The van der Waals surface area contributed by atoms with Crippen LogP contribution in [-0.2, 0) is 20.8 Å². The lowest BCUT2D eigenvalue weighted by molar-refractivity contribution is -0.141. The molecule has 0 radical (unpaired) electrons. The quantitative estimate of drug-likeness (QED) is 0.661. The van der Waals surface area contributed by atoms with Gasteiger partial charge in [-0.25, -0.2) is 4.98 Å². The summed E-state index contributed by atoms with van der Waals surface area (Å²) >= 11 is 0. The van der Waals surface area contributed by atoms with Gasteiger partial charge in [0.2, 0.25) is 17.7 Å². The average molecular weight is 307 g/mol. The Morgan fingerprint density at radius 3 is 2.86 bits per heavy atom. The van der Waals surface area contributed by atoms with Crippen LogP contribution in [0.25, 0.3) is 0 Å². The summed E-state index contributed by atoms with van der Waals surface area (Å²) < 4.78 is 0. The molecule has 1 saturated heterocycles. The molecule has 8 nitrogen and oxygen atoms in total. The lowest BCUT2D eigenvalue weighted by atomic mass is 10.1. The number of rotatable bonds is 5. The molecule has 22 heavy (non-hydrogen) atoms. The van der Waals surface area contributed by atoms with Crippen LogP contribution in [0.1, 0.15) is 25.5 Å². The molecule has 2 rings (SSSR count). The van der Waals surface area contributed by atoms with Crippen LogP contribution in [-0.4, -0.2) is 58.3 Å². The number of amides is 3. The molecule has 2 atom stereocenters. The molecule has 0 saturated carbocycles. The highest BCUT2D eigenvalue weighted by molar-refractivity contribution is 5.92. The molecule has 0 unspecified atom stereocenters. The molecule has 8 heteroatoms. The first-order valence-corrected chi connectivity index (χ1v) is 7.29. The number of likely N-dealkylation sites (N-methyl/N-ethyl adjacent to an activating group) is 1. The minimum atomic E-state index is -0.705. The van der Waals surface area contributed by atoms with Crippen molar-refractivity contribution in [3.63, 3.8) is 0 Å². The Hall–Kier alpha value is -2.38. The number of likely N-dealkylation sites (tertiary alicyclic amines) is 1. The van der Waals surface area contributed by atoms with Crippen LogP contribution < -0.4 is 10.6 Å². The van der Waals surface area contributed by atoms with Crippen LogP contribution >= 0.6 is 0 Å². The van der Waals surface area contributed by atoms with Gasteiger partial charge in [-0.3, -0.25) is 14.4 Å². The van der Waals surface area contributed by atoms with Crippen molar-refractivity contribution in [1.82, 2.24) is 25.5 Å². The van der Waals surface area contributed by atoms with E-state index in [-0.39, 0.29) is 17.7 Å². The van der Waals surface area contributed by atoms with Crippen molar-refractivity contribution in [3.05, 3.63) is 18.2 Å². The summed E-state index contributed by atoms with van der Waals surface area (Å²) in [7, 11) is 1.55. The van der Waals surface area contributed by atoms with Gasteiger partial charge in [-0.1, -0.05) is 0 Å². The second kappa shape index (κ2) is 7.06. The highest BCUT2D eigenvalue weighted by Crippen LogP contribution is 2.19. The summed E-state index contributed by atoms with van der Waals surface area (Å²) in [6.45, 7) is 1.89. The van der Waals surface area contributed by atoms with E-state index in [1.807, 2.05) is 0 Å². The largest absolute Gasteiger partial charge is 0.357 e. The van der Waals surface area contributed by atoms with E-state index in [4.69, 9.17) is 0 Å². The summed E-state index contributed by atoms with van der Waals surface area (Å²) in [5.74, 6) is -0.696. The van der Waals surface area contributed by atoms with Gasteiger partial charge in [0.1, 0.15) is 12.1 Å². The van der Waals surface area contributed by atoms with Crippen molar-refractivity contribution in [2.75, 3.05) is 13.6 Å². The third-order valence-electron chi connectivity index (χ3n) is 3.74. The molecule has 0 aromatic carbocycles. The summed E-state index contributed by atoms with van der Waals surface area (Å²) in [5.41, 5.74) is 0.753. The van der Waals surface area contributed by atoms with E-state index in [0.29, 0.717) is 19.4 Å². The van der Waals surface area contributed by atoms with Crippen LogP contribution in [0, 0.1) is 0 Å². The van der Waals surface area contributed by atoms with Crippen LogP contribution in [0.4, 0.5) is 0 Å². The van der Waals surface area contributed by atoms with Gasteiger partial charge >= 0.3 is 0 Å². The SMILES string of the molecule is CNC(=O)[C@@H]1CCCN1C(=O)[C@H](Cc1cnc[nH]1)NC(C)=O. The van der Waals surface area contributed by atoms with Crippen LogP contribution in [0.3, 0.4) is 0 Å². The minimum Gasteiger partial charge on any atom is -0.357 e. The van der Waals surface area contributed by atoms with Crippen LogP contribution in [0.15, 0.2) is 12.5 Å². The maximum Gasteiger partial charge on any atom is 0.246 e. The van der Waals surface area contributed by atoms with Crippen molar-refractivity contribution < 1.29 is 14.4 Å². The van der Waals surface area contributed by atoms with Crippen molar-refractivity contribution in [2.24, 2.45) is 0 Å². The number of carbonyl (C=O) groups excluding carboxylic acids is 3. The molecule has 3 amide bonds. The highest BCUT2D eigenvalue weighted by Gasteiger charge is 2.37. The van der Waals surface area contributed by atoms with Gasteiger partial charge < -0.3 is 20.5 Å². The Kier molecular flexibility index (Phi) is 5.13. The van der Waals surface area contributed by atoms with E-state index < -0.39 is 12.1 Å². The molecule has 1 aliphatic rings. The number of nitrogens with one attached hydrogen (secondary N) is 3.